The maximum Gasteiger partial charge on any atom is 0.410 e. The van der Waals surface area contributed by atoms with Crippen molar-refractivity contribution in [3.8, 4) is 0 Å². The molecule has 2 aliphatic heterocycles. The Morgan fingerprint density at radius 3 is 1.33 bits per heavy atom. The molecule has 0 spiro atoms. The number of ether oxygens (including phenoxy) is 2. The van der Waals surface area contributed by atoms with E-state index in [1.54, 1.807) is 0 Å². The summed E-state index contributed by atoms with van der Waals surface area (Å²) < 4.78 is 12.2. The zero-order chi connectivity index (χ0) is 39.3. The number of thiophene rings is 2. The SMILES string of the molecule is Cc1c(Br)sc([C@H](C)C2CCN(C(=O)OC(C)(C)C)CC2)c1C.Cc1csc([C@H](C)C2CCN(C(=O)OC(C)(C)C)CC2)c1C.O=C=O.O=C=O. The van der Waals surface area contributed by atoms with Gasteiger partial charge in [-0.15, -0.1) is 22.7 Å². The van der Waals surface area contributed by atoms with E-state index in [1.807, 2.05) is 74.0 Å². The van der Waals surface area contributed by atoms with E-state index in [9.17, 15) is 9.59 Å². The van der Waals surface area contributed by atoms with Gasteiger partial charge in [-0.1, -0.05) is 13.8 Å². The first-order valence-corrected chi connectivity index (χ1v) is 19.8. The van der Waals surface area contributed by atoms with Gasteiger partial charge in [0.25, 0.3) is 0 Å². The molecule has 4 heterocycles. The van der Waals surface area contributed by atoms with Crippen molar-refractivity contribution in [2.24, 2.45) is 11.8 Å². The fourth-order valence-electron chi connectivity index (χ4n) is 6.23. The van der Waals surface area contributed by atoms with E-state index >= 15 is 0 Å². The highest BCUT2D eigenvalue weighted by Gasteiger charge is 2.32. The Kier molecular flexibility index (Phi) is 19.0. The number of aryl methyl sites for hydroxylation is 1. The normalized spacial score (nSPS) is 16.4. The number of likely N-dealkylation sites (tertiary alicyclic amines) is 2. The highest BCUT2D eigenvalue weighted by Crippen LogP contribution is 2.42. The molecule has 2 aromatic heterocycles. The predicted molar refractivity (Wildman–Crippen MR) is 203 cm³/mol. The molecule has 13 heteroatoms. The first-order chi connectivity index (χ1) is 23.6. The molecule has 286 valence electrons. The van der Waals surface area contributed by atoms with Crippen molar-refractivity contribution in [2.45, 2.75) is 132 Å². The lowest BCUT2D eigenvalue weighted by atomic mass is 9.83. The summed E-state index contributed by atoms with van der Waals surface area (Å²) in [5.41, 5.74) is 4.81. The van der Waals surface area contributed by atoms with Crippen LogP contribution in [0.4, 0.5) is 9.59 Å². The molecule has 2 saturated heterocycles. The molecule has 0 unspecified atom stereocenters. The van der Waals surface area contributed by atoms with E-state index < -0.39 is 11.2 Å². The lowest BCUT2D eigenvalue weighted by Gasteiger charge is -2.35. The van der Waals surface area contributed by atoms with Crippen LogP contribution in [0.2, 0.25) is 0 Å². The second-order valence-corrected chi connectivity index (χ2v) is 18.5. The van der Waals surface area contributed by atoms with E-state index in [-0.39, 0.29) is 24.5 Å². The average molecular weight is 814 g/mol. The van der Waals surface area contributed by atoms with Crippen molar-refractivity contribution in [1.29, 1.82) is 0 Å². The van der Waals surface area contributed by atoms with Crippen LogP contribution < -0.4 is 0 Å². The van der Waals surface area contributed by atoms with Crippen LogP contribution in [0.25, 0.3) is 0 Å². The molecule has 0 bridgehead atoms. The maximum atomic E-state index is 12.2. The van der Waals surface area contributed by atoms with Crippen molar-refractivity contribution < 1.29 is 38.2 Å². The van der Waals surface area contributed by atoms with Crippen molar-refractivity contribution in [1.82, 2.24) is 9.80 Å². The Bertz CT molecular complexity index is 1470. The molecule has 51 heavy (non-hydrogen) atoms. The second kappa shape index (κ2) is 21.0. The van der Waals surface area contributed by atoms with Crippen molar-refractivity contribution in [3.05, 3.63) is 41.2 Å². The zero-order valence-corrected chi connectivity index (χ0v) is 35.6. The average Bonchev–Trinajstić information content (AvgIpc) is 3.51. The van der Waals surface area contributed by atoms with Crippen LogP contribution in [-0.2, 0) is 28.7 Å². The van der Waals surface area contributed by atoms with Crippen LogP contribution in [0.5, 0.6) is 0 Å². The maximum absolute atomic E-state index is 12.2. The van der Waals surface area contributed by atoms with Crippen LogP contribution in [-0.4, -0.2) is 71.7 Å². The standard InChI is InChI=1S/C18H28BrNO2S.C18H29NO2S.2CO2/c1-11-12(2)16(19)23-15(11)13(3)14-7-9-20(10-8-14)17(21)22-18(4,5)6;1-12-11-22-16(13(12)2)14(3)15-7-9-19(10-8-15)17(20)21-18(4,5)6;2*2-1-3/h13-14H,7-10H2,1-6H3;11,14-15H,7-10H2,1-6H3;;/t13-;14-;;/m11../s1. The third-order valence-corrected chi connectivity index (χ3v) is 13.2. The third kappa shape index (κ3) is 15.0. The number of halogens is 1. The second-order valence-electron chi connectivity index (χ2n) is 15.3. The van der Waals surface area contributed by atoms with Gasteiger partial charge >= 0.3 is 24.5 Å². The Morgan fingerprint density at radius 2 is 1.06 bits per heavy atom. The largest absolute Gasteiger partial charge is 0.444 e. The summed E-state index contributed by atoms with van der Waals surface area (Å²) in [4.78, 5) is 63.5. The molecule has 0 radical (unpaired) electrons. The topological polar surface area (TPSA) is 127 Å². The van der Waals surface area contributed by atoms with Gasteiger partial charge in [-0.25, -0.2) is 9.59 Å². The van der Waals surface area contributed by atoms with E-state index in [4.69, 9.17) is 28.7 Å². The monoisotopic (exact) mass is 812 g/mol. The van der Waals surface area contributed by atoms with E-state index in [1.165, 1.54) is 35.8 Å². The van der Waals surface area contributed by atoms with Gasteiger partial charge in [-0.05, 0) is 162 Å². The smallest absolute Gasteiger partial charge is 0.410 e. The molecule has 4 rings (SSSR count). The molecule has 2 aliphatic rings. The third-order valence-electron chi connectivity index (χ3n) is 9.37. The Hall–Kier alpha value is -2.82. The van der Waals surface area contributed by atoms with Crippen LogP contribution in [0.3, 0.4) is 0 Å². The molecule has 2 aromatic rings. The number of nitrogens with zero attached hydrogens (tertiary/aromatic N) is 2. The van der Waals surface area contributed by atoms with Gasteiger partial charge < -0.3 is 19.3 Å². The number of hydrogen-bond acceptors (Lipinski definition) is 10. The highest BCUT2D eigenvalue weighted by molar-refractivity contribution is 9.11. The van der Waals surface area contributed by atoms with Gasteiger partial charge in [0, 0.05) is 35.9 Å². The number of amides is 2. The molecule has 2 amide bonds. The minimum absolute atomic E-state index is 0.165. The fraction of sp³-hybridized carbons (Fsp3) is 0.684. The Labute approximate surface area is 320 Å². The Balaban J connectivity index is 0.000000442. The molecule has 0 aromatic carbocycles. The minimum Gasteiger partial charge on any atom is -0.444 e. The fourth-order valence-corrected chi connectivity index (χ4v) is 9.46. The number of rotatable bonds is 4. The quantitative estimate of drug-likeness (QED) is 0.299. The minimum atomic E-state index is -0.418. The molecule has 2 fully saturated rings. The first-order valence-electron chi connectivity index (χ1n) is 17.4. The number of hydrogen-bond donors (Lipinski definition) is 0. The van der Waals surface area contributed by atoms with Crippen molar-refractivity contribution >= 4 is 63.1 Å². The van der Waals surface area contributed by atoms with Crippen molar-refractivity contribution in [3.63, 3.8) is 0 Å². The summed E-state index contributed by atoms with van der Waals surface area (Å²) in [6, 6.07) is 0. The summed E-state index contributed by atoms with van der Waals surface area (Å²) in [6.07, 6.45) is 4.40. The van der Waals surface area contributed by atoms with Gasteiger partial charge in [0.2, 0.25) is 0 Å². The lowest BCUT2D eigenvalue weighted by Crippen LogP contribution is -2.42. The Morgan fingerprint density at radius 1 is 0.706 bits per heavy atom. The van der Waals surface area contributed by atoms with E-state index in [0.717, 1.165) is 51.9 Å². The summed E-state index contributed by atoms with van der Waals surface area (Å²) in [5.74, 6) is 2.43. The predicted octanol–water partition coefficient (Wildman–Crippen LogP) is 9.83. The first kappa shape index (κ1) is 46.2. The summed E-state index contributed by atoms with van der Waals surface area (Å²) >= 11 is 7.42. The molecular formula is C38H57BrN2O8S2. The van der Waals surface area contributed by atoms with E-state index in [0.29, 0.717) is 23.7 Å². The lowest BCUT2D eigenvalue weighted by molar-refractivity contribution is -0.193. The molecule has 2 atom stereocenters. The van der Waals surface area contributed by atoms with Gasteiger partial charge in [0.05, 0.1) is 3.79 Å². The van der Waals surface area contributed by atoms with Gasteiger partial charge in [0.1, 0.15) is 11.2 Å². The molecule has 0 aliphatic carbocycles. The number of carbonyl (C=O) groups is 2. The van der Waals surface area contributed by atoms with Crippen molar-refractivity contribution in [2.75, 3.05) is 26.2 Å². The van der Waals surface area contributed by atoms with Gasteiger partial charge in [0.15, 0.2) is 0 Å². The number of carbonyl (C=O) groups excluding carboxylic acids is 6. The van der Waals surface area contributed by atoms with Gasteiger partial charge in [-0.3, -0.25) is 0 Å². The molecule has 10 nitrogen and oxygen atoms in total. The van der Waals surface area contributed by atoms with E-state index in [2.05, 4.69) is 62.9 Å². The zero-order valence-electron chi connectivity index (χ0n) is 32.4. The molecular weight excluding hydrogens is 756 g/mol. The summed E-state index contributed by atoms with van der Waals surface area (Å²) in [5, 5.41) is 2.26. The summed E-state index contributed by atoms with van der Waals surface area (Å²) in [7, 11) is 0. The highest BCUT2D eigenvalue weighted by atomic mass is 79.9. The molecule has 0 saturated carbocycles. The summed E-state index contributed by atoms with van der Waals surface area (Å²) in [6.45, 7) is 28.2. The van der Waals surface area contributed by atoms with Crippen LogP contribution in [0.1, 0.15) is 125 Å². The number of piperidine rings is 2. The van der Waals surface area contributed by atoms with Gasteiger partial charge in [-0.2, -0.15) is 19.2 Å². The van der Waals surface area contributed by atoms with Crippen LogP contribution in [0, 0.1) is 39.5 Å². The molecule has 0 N–H and O–H groups in total. The van der Waals surface area contributed by atoms with Crippen LogP contribution in [0.15, 0.2) is 9.17 Å². The van der Waals surface area contributed by atoms with Crippen LogP contribution >= 0.6 is 38.6 Å².